The van der Waals surface area contributed by atoms with Crippen molar-refractivity contribution in [3.8, 4) is 0 Å². The predicted octanol–water partition coefficient (Wildman–Crippen LogP) is 3.98. The molecule has 2 nitrogen and oxygen atoms in total. The Labute approximate surface area is 117 Å². The largest absolute Gasteiger partial charge is 0.327 e. The maximum absolute atomic E-state index is 12.2. The Kier molecular flexibility index (Phi) is 5.74. The highest BCUT2D eigenvalue weighted by atomic mass is 16.1. The number of hydrogen-bond donors (Lipinski definition) is 1. The summed E-state index contributed by atoms with van der Waals surface area (Å²) in [7, 11) is 0. The van der Waals surface area contributed by atoms with Gasteiger partial charge in [-0.3, -0.25) is 4.79 Å². The van der Waals surface area contributed by atoms with E-state index >= 15 is 0 Å². The van der Waals surface area contributed by atoms with Crippen molar-refractivity contribution in [2.75, 3.05) is 0 Å². The van der Waals surface area contributed by atoms with Gasteiger partial charge in [0.1, 0.15) is 0 Å². The van der Waals surface area contributed by atoms with Gasteiger partial charge in [-0.15, -0.1) is 0 Å². The molecule has 0 radical (unpaired) electrons. The molecule has 0 amide bonds. The minimum Gasteiger partial charge on any atom is -0.327 e. The van der Waals surface area contributed by atoms with Gasteiger partial charge in [0.25, 0.3) is 0 Å². The number of hydrogen-bond acceptors (Lipinski definition) is 2. The number of nitrogens with two attached hydrogens (primary N) is 1. The van der Waals surface area contributed by atoms with Crippen molar-refractivity contribution >= 4 is 5.78 Å². The summed E-state index contributed by atoms with van der Waals surface area (Å²) in [6, 6.07) is 7.89. The lowest BCUT2D eigenvalue weighted by Gasteiger charge is -2.22. The molecule has 1 atom stereocenters. The van der Waals surface area contributed by atoms with Crippen LogP contribution in [0.3, 0.4) is 0 Å². The Morgan fingerprint density at radius 2 is 2.00 bits per heavy atom. The van der Waals surface area contributed by atoms with Crippen molar-refractivity contribution in [2.24, 2.45) is 11.1 Å². The van der Waals surface area contributed by atoms with Crippen LogP contribution in [0.25, 0.3) is 0 Å². The summed E-state index contributed by atoms with van der Waals surface area (Å²) in [5.74, 6) is 0.162. The van der Waals surface area contributed by atoms with Gasteiger partial charge in [-0.25, -0.2) is 0 Å². The first-order chi connectivity index (χ1) is 8.81. The highest BCUT2D eigenvalue weighted by molar-refractivity contribution is 5.96. The summed E-state index contributed by atoms with van der Waals surface area (Å²) in [6.07, 6.45) is 3.43. The second-order valence-corrected chi connectivity index (χ2v) is 6.60. The molecule has 1 unspecified atom stereocenters. The van der Waals surface area contributed by atoms with Crippen LogP contribution in [0.1, 0.15) is 62.9 Å². The van der Waals surface area contributed by atoms with Gasteiger partial charge < -0.3 is 5.73 Å². The third kappa shape index (κ3) is 6.02. The first-order valence-electron chi connectivity index (χ1n) is 7.19. The number of Topliss-reactive ketones (excluding diaryl/α,β-unsaturated/α-hetero) is 1. The zero-order chi connectivity index (χ0) is 14.5. The van der Waals surface area contributed by atoms with Crippen LogP contribution in [0.4, 0.5) is 0 Å². The average molecular weight is 261 g/mol. The van der Waals surface area contributed by atoms with E-state index < -0.39 is 0 Å². The zero-order valence-electron chi connectivity index (χ0n) is 12.7. The summed E-state index contributed by atoms with van der Waals surface area (Å²) in [5.41, 5.74) is 8.28. The van der Waals surface area contributed by atoms with Gasteiger partial charge in [0.2, 0.25) is 0 Å². The maximum atomic E-state index is 12.2. The molecule has 0 heterocycles. The number of rotatable bonds is 6. The Bertz CT molecular complexity index is 418. The van der Waals surface area contributed by atoms with Crippen LogP contribution < -0.4 is 5.73 Å². The van der Waals surface area contributed by atoms with Gasteiger partial charge in [-0.05, 0) is 29.9 Å². The van der Waals surface area contributed by atoms with E-state index in [0.717, 1.165) is 24.8 Å². The molecule has 0 fully saturated rings. The maximum Gasteiger partial charge on any atom is 0.164 e. The van der Waals surface area contributed by atoms with Crippen LogP contribution in [-0.4, -0.2) is 11.8 Å². The molecule has 106 valence electrons. The molecule has 0 aliphatic heterocycles. The number of carbonyl (C=O) groups excluding carboxylic acids is 1. The van der Waals surface area contributed by atoms with Crippen molar-refractivity contribution in [3.05, 3.63) is 35.4 Å². The van der Waals surface area contributed by atoms with E-state index in [1.54, 1.807) is 0 Å². The molecule has 1 aromatic rings. The SMILES string of the molecule is CCCc1cccc(C(=O)CC(N)CC(C)(C)C)c1. The molecule has 19 heavy (non-hydrogen) atoms. The van der Waals surface area contributed by atoms with E-state index in [2.05, 4.69) is 33.8 Å². The molecular weight excluding hydrogens is 234 g/mol. The third-order valence-corrected chi connectivity index (χ3v) is 3.11. The molecule has 0 saturated heterocycles. The monoisotopic (exact) mass is 261 g/mol. The quantitative estimate of drug-likeness (QED) is 0.787. The zero-order valence-corrected chi connectivity index (χ0v) is 12.7. The second kappa shape index (κ2) is 6.85. The van der Waals surface area contributed by atoms with Crippen molar-refractivity contribution < 1.29 is 4.79 Å². The van der Waals surface area contributed by atoms with E-state index in [-0.39, 0.29) is 17.2 Å². The summed E-state index contributed by atoms with van der Waals surface area (Å²) in [5, 5.41) is 0. The minimum atomic E-state index is -0.0534. The lowest BCUT2D eigenvalue weighted by molar-refractivity contribution is 0.0968. The fourth-order valence-corrected chi connectivity index (χ4v) is 2.40. The van der Waals surface area contributed by atoms with Crippen LogP contribution in [0.15, 0.2) is 24.3 Å². The topological polar surface area (TPSA) is 43.1 Å². The van der Waals surface area contributed by atoms with Gasteiger partial charge in [0, 0.05) is 18.0 Å². The normalized spacial score (nSPS) is 13.3. The number of benzene rings is 1. The Balaban J connectivity index is 2.65. The first kappa shape index (κ1) is 15.9. The lowest BCUT2D eigenvalue weighted by atomic mass is 9.86. The molecule has 0 aliphatic rings. The van der Waals surface area contributed by atoms with Crippen molar-refractivity contribution in [2.45, 2.75) is 59.4 Å². The highest BCUT2D eigenvalue weighted by Crippen LogP contribution is 2.22. The molecule has 2 N–H and O–H groups in total. The van der Waals surface area contributed by atoms with E-state index in [0.29, 0.717) is 6.42 Å². The number of ketones is 1. The van der Waals surface area contributed by atoms with Crippen LogP contribution in [0.5, 0.6) is 0 Å². The summed E-state index contributed by atoms with van der Waals surface area (Å²) < 4.78 is 0. The van der Waals surface area contributed by atoms with Crippen LogP contribution in [-0.2, 0) is 6.42 Å². The predicted molar refractivity (Wildman–Crippen MR) is 81.4 cm³/mol. The van der Waals surface area contributed by atoms with E-state index in [1.807, 2.05) is 18.2 Å². The van der Waals surface area contributed by atoms with Crippen molar-refractivity contribution in [3.63, 3.8) is 0 Å². The molecule has 0 bridgehead atoms. The standard InChI is InChI=1S/C17H27NO/c1-5-7-13-8-6-9-14(10-13)16(19)11-15(18)12-17(2,3)4/h6,8-10,15H,5,7,11-12,18H2,1-4H3. The highest BCUT2D eigenvalue weighted by Gasteiger charge is 2.18. The molecular formula is C17H27NO. The molecule has 0 aromatic heterocycles. The summed E-state index contributed by atoms with van der Waals surface area (Å²) in [4.78, 5) is 12.2. The fourth-order valence-electron chi connectivity index (χ4n) is 2.40. The van der Waals surface area contributed by atoms with Gasteiger partial charge in [-0.2, -0.15) is 0 Å². The second-order valence-electron chi connectivity index (χ2n) is 6.60. The van der Waals surface area contributed by atoms with Crippen molar-refractivity contribution in [1.82, 2.24) is 0 Å². The molecule has 0 aliphatic carbocycles. The smallest absolute Gasteiger partial charge is 0.164 e. The number of carbonyl (C=O) groups is 1. The Morgan fingerprint density at radius 1 is 1.32 bits per heavy atom. The molecule has 0 saturated carbocycles. The molecule has 1 rings (SSSR count). The minimum absolute atomic E-state index is 0.0534. The molecule has 0 spiro atoms. The Hall–Kier alpha value is -1.15. The van der Waals surface area contributed by atoms with E-state index in [9.17, 15) is 4.79 Å². The van der Waals surface area contributed by atoms with Gasteiger partial charge in [0.05, 0.1) is 0 Å². The Morgan fingerprint density at radius 3 is 2.58 bits per heavy atom. The first-order valence-corrected chi connectivity index (χ1v) is 7.19. The van der Waals surface area contributed by atoms with Crippen LogP contribution in [0, 0.1) is 5.41 Å². The molecule has 1 aromatic carbocycles. The number of aryl methyl sites for hydroxylation is 1. The van der Waals surface area contributed by atoms with E-state index in [4.69, 9.17) is 5.73 Å². The van der Waals surface area contributed by atoms with Crippen LogP contribution >= 0.6 is 0 Å². The van der Waals surface area contributed by atoms with Gasteiger partial charge in [0.15, 0.2) is 5.78 Å². The fraction of sp³-hybridized carbons (Fsp3) is 0.588. The molecule has 2 heteroatoms. The lowest BCUT2D eigenvalue weighted by Crippen LogP contribution is -2.29. The van der Waals surface area contributed by atoms with Crippen LogP contribution in [0.2, 0.25) is 0 Å². The van der Waals surface area contributed by atoms with Crippen molar-refractivity contribution in [1.29, 1.82) is 0 Å². The summed E-state index contributed by atoms with van der Waals surface area (Å²) in [6.45, 7) is 8.60. The van der Waals surface area contributed by atoms with E-state index in [1.165, 1.54) is 5.56 Å². The third-order valence-electron chi connectivity index (χ3n) is 3.11. The van der Waals surface area contributed by atoms with Gasteiger partial charge in [-0.1, -0.05) is 52.3 Å². The van der Waals surface area contributed by atoms with Gasteiger partial charge >= 0.3 is 0 Å². The summed E-state index contributed by atoms with van der Waals surface area (Å²) >= 11 is 0. The average Bonchev–Trinajstić information content (AvgIpc) is 2.27.